The molecule has 2 amide bonds. The normalized spacial score (nSPS) is 21.5. The molecule has 3 rings (SSSR count). The maximum absolute atomic E-state index is 12.7. The first-order valence-corrected chi connectivity index (χ1v) is 9.12. The Morgan fingerprint density at radius 2 is 2.29 bits per heavy atom. The summed E-state index contributed by atoms with van der Waals surface area (Å²) < 4.78 is 0. The molecule has 2 unspecified atom stereocenters. The highest BCUT2D eigenvalue weighted by atomic mass is 32.2. The Labute approximate surface area is 164 Å². The molecule has 1 fully saturated rings. The molecule has 3 heterocycles. The summed E-state index contributed by atoms with van der Waals surface area (Å²) in [4.78, 5) is 46.7. The first-order chi connectivity index (χ1) is 13.4. The lowest BCUT2D eigenvalue weighted by Crippen LogP contribution is -2.71. The van der Waals surface area contributed by atoms with E-state index >= 15 is 0 Å². The summed E-state index contributed by atoms with van der Waals surface area (Å²) in [7, 11) is 1.27. The molecule has 28 heavy (non-hydrogen) atoms. The molecule has 1 saturated heterocycles. The van der Waals surface area contributed by atoms with Gasteiger partial charge in [0.05, 0.1) is 0 Å². The van der Waals surface area contributed by atoms with Crippen LogP contribution in [-0.2, 0) is 19.2 Å². The largest absolute Gasteiger partial charge is 0.477 e. The van der Waals surface area contributed by atoms with Crippen molar-refractivity contribution in [1.82, 2.24) is 15.2 Å². The predicted octanol–water partition coefficient (Wildman–Crippen LogP) is -0.0611. The van der Waals surface area contributed by atoms with Crippen molar-refractivity contribution in [2.24, 2.45) is 5.16 Å². The van der Waals surface area contributed by atoms with Crippen molar-refractivity contribution in [1.29, 1.82) is 0 Å². The van der Waals surface area contributed by atoms with Crippen molar-refractivity contribution >= 4 is 41.1 Å². The van der Waals surface area contributed by atoms with Gasteiger partial charge in [-0.1, -0.05) is 23.9 Å². The van der Waals surface area contributed by atoms with E-state index < -0.39 is 29.2 Å². The molecule has 1 aromatic rings. The second kappa shape index (κ2) is 7.72. The van der Waals surface area contributed by atoms with Gasteiger partial charge in [-0.3, -0.25) is 14.5 Å². The molecule has 4 N–H and O–H groups in total. The summed E-state index contributed by atoms with van der Waals surface area (Å²) in [5.74, 6) is -1.88. The Morgan fingerprint density at radius 3 is 2.89 bits per heavy atom. The highest BCUT2D eigenvalue weighted by Crippen LogP contribution is 2.40. The monoisotopic (exact) mass is 403 g/mol. The van der Waals surface area contributed by atoms with E-state index in [9.17, 15) is 19.5 Å². The number of fused-ring (bicyclic) bond motifs is 1. The van der Waals surface area contributed by atoms with E-state index in [2.05, 4.69) is 22.0 Å². The second-order valence-corrected chi connectivity index (χ2v) is 6.92. The van der Waals surface area contributed by atoms with Crippen molar-refractivity contribution in [2.75, 3.05) is 18.6 Å². The SMILES string of the molecule is C=CC1=C(C(=O)O)N2C(=O)C(NC(=O)/C(=N/OC)c3cccc(N)n3)C2SC1. The zero-order chi connectivity index (χ0) is 20.4. The Morgan fingerprint density at radius 1 is 1.54 bits per heavy atom. The van der Waals surface area contributed by atoms with Crippen LogP contribution in [0.1, 0.15) is 5.69 Å². The first kappa shape index (κ1) is 19.4. The third-order valence-corrected chi connectivity index (χ3v) is 5.45. The van der Waals surface area contributed by atoms with Gasteiger partial charge in [-0.15, -0.1) is 11.8 Å². The number of anilines is 1. The molecule has 0 aliphatic carbocycles. The number of carboxylic acid groups (broad SMARTS) is 1. The molecule has 0 saturated carbocycles. The molecule has 2 aliphatic heterocycles. The minimum Gasteiger partial charge on any atom is -0.477 e. The Balaban J connectivity index is 1.81. The van der Waals surface area contributed by atoms with Gasteiger partial charge >= 0.3 is 5.97 Å². The molecule has 0 bridgehead atoms. The van der Waals surface area contributed by atoms with Crippen LogP contribution in [0.3, 0.4) is 0 Å². The lowest BCUT2D eigenvalue weighted by Gasteiger charge is -2.49. The van der Waals surface area contributed by atoms with Crippen LogP contribution in [0.2, 0.25) is 0 Å². The fourth-order valence-corrected chi connectivity index (χ4v) is 4.23. The minimum atomic E-state index is -1.22. The molecule has 1 aromatic heterocycles. The average Bonchev–Trinajstić information content (AvgIpc) is 2.68. The number of carbonyl (C=O) groups excluding carboxylic acids is 2. The van der Waals surface area contributed by atoms with Gasteiger partial charge in [0.1, 0.15) is 35.7 Å². The third kappa shape index (κ3) is 3.31. The molecule has 0 aromatic carbocycles. The van der Waals surface area contributed by atoms with Crippen LogP contribution in [0.15, 0.2) is 47.3 Å². The number of amides is 2. The van der Waals surface area contributed by atoms with E-state index in [1.54, 1.807) is 12.1 Å². The van der Waals surface area contributed by atoms with Gasteiger partial charge in [0.15, 0.2) is 5.71 Å². The Bertz CT molecular complexity index is 928. The molecule has 11 heteroatoms. The van der Waals surface area contributed by atoms with E-state index in [-0.39, 0.29) is 22.9 Å². The number of nitrogens with one attached hydrogen (secondary N) is 1. The summed E-state index contributed by atoms with van der Waals surface area (Å²) in [5, 5.41) is 15.1. The summed E-state index contributed by atoms with van der Waals surface area (Å²) in [6.45, 7) is 3.59. The fourth-order valence-electron chi connectivity index (χ4n) is 2.89. The van der Waals surface area contributed by atoms with E-state index in [0.717, 1.165) is 4.90 Å². The topological polar surface area (TPSA) is 147 Å². The highest BCUT2D eigenvalue weighted by Gasteiger charge is 2.54. The molecular formula is C17H17N5O5S. The third-order valence-electron chi connectivity index (χ3n) is 4.14. The van der Waals surface area contributed by atoms with Crippen LogP contribution in [0, 0.1) is 0 Å². The number of hydrogen-bond acceptors (Lipinski definition) is 8. The number of thioether (sulfide) groups is 1. The molecule has 0 radical (unpaired) electrons. The number of carbonyl (C=O) groups is 3. The van der Waals surface area contributed by atoms with E-state index in [1.807, 2.05) is 0 Å². The van der Waals surface area contributed by atoms with Gasteiger partial charge < -0.3 is 21.0 Å². The summed E-state index contributed by atoms with van der Waals surface area (Å²) in [6.07, 6.45) is 1.42. The van der Waals surface area contributed by atoms with Gasteiger partial charge in [-0.05, 0) is 17.7 Å². The van der Waals surface area contributed by atoms with Crippen molar-refractivity contribution in [3.63, 3.8) is 0 Å². The van der Waals surface area contributed by atoms with Crippen molar-refractivity contribution in [3.05, 3.63) is 47.8 Å². The number of allylic oxidation sites excluding steroid dienone is 1. The highest BCUT2D eigenvalue weighted by molar-refractivity contribution is 8.00. The maximum atomic E-state index is 12.7. The summed E-state index contributed by atoms with van der Waals surface area (Å²) in [5.41, 5.74) is 6.01. The number of carboxylic acids is 1. The number of rotatable bonds is 6. The number of pyridine rings is 1. The zero-order valence-corrected chi connectivity index (χ0v) is 15.6. The fraction of sp³-hybridized carbons (Fsp3) is 0.235. The average molecular weight is 403 g/mol. The van der Waals surface area contributed by atoms with Crippen LogP contribution < -0.4 is 11.1 Å². The maximum Gasteiger partial charge on any atom is 0.352 e. The van der Waals surface area contributed by atoms with Crippen molar-refractivity contribution < 1.29 is 24.3 Å². The lowest BCUT2D eigenvalue weighted by molar-refractivity contribution is -0.150. The van der Waals surface area contributed by atoms with Crippen LogP contribution in [-0.4, -0.2) is 62.8 Å². The number of nitrogen functional groups attached to an aromatic ring is 1. The number of aromatic nitrogens is 1. The Hall–Kier alpha value is -3.34. The molecule has 10 nitrogen and oxygen atoms in total. The molecule has 2 aliphatic rings. The van der Waals surface area contributed by atoms with Crippen molar-refractivity contribution in [2.45, 2.75) is 11.4 Å². The van der Waals surface area contributed by atoms with E-state index in [1.165, 1.54) is 31.0 Å². The molecule has 2 atom stereocenters. The van der Waals surface area contributed by atoms with E-state index in [4.69, 9.17) is 10.6 Å². The van der Waals surface area contributed by atoms with Gasteiger partial charge in [0, 0.05) is 5.75 Å². The van der Waals surface area contributed by atoms with Crippen LogP contribution in [0.5, 0.6) is 0 Å². The Kier molecular flexibility index (Phi) is 5.36. The van der Waals surface area contributed by atoms with E-state index in [0.29, 0.717) is 11.3 Å². The van der Waals surface area contributed by atoms with Crippen LogP contribution in [0.25, 0.3) is 0 Å². The van der Waals surface area contributed by atoms with Gasteiger partial charge in [-0.25, -0.2) is 9.78 Å². The van der Waals surface area contributed by atoms with Gasteiger partial charge in [0.2, 0.25) is 0 Å². The van der Waals surface area contributed by atoms with Crippen LogP contribution >= 0.6 is 11.8 Å². The molecule has 146 valence electrons. The van der Waals surface area contributed by atoms with Crippen LogP contribution in [0.4, 0.5) is 5.82 Å². The second-order valence-electron chi connectivity index (χ2n) is 5.81. The number of nitrogens with zero attached hydrogens (tertiary/aromatic N) is 3. The summed E-state index contributed by atoms with van der Waals surface area (Å²) >= 11 is 1.34. The number of aliphatic carboxylic acids is 1. The number of nitrogens with two attached hydrogens (primary N) is 1. The summed E-state index contributed by atoms with van der Waals surface area (Å²) in [6, 6.07) is 3.78. The predicted molar refractivity (Wildman–Crippen MR) is 102 cm³/mol. The minimum absolute atomic E-state index is 0.113. The first-order valence-electron chi connectivity index (χ1n) is 8.07. The number of β-lactam (4-membered cyclic amide) rings is 1. The quantitative estimate of drug-likeness (QED) is 0.340. The van der Waals surface area contributed by atoms with Crippen molar-refractivity contribution in [3.8, 4) is 0 Å². The molecule has 0 spiro atoms. The van der Waals surface area contributed by atoms with Gasteiger partial charge in [-0.2, -0.15) is 0 Å². The molecular weight excluding hydrogens is 386 g/mol. The van der Waals surface area contributed by atoms with Gasteiger partial charge in [0.25, 0.3) is 11.8 Å². The smallest absolute Gasteiger partial charge is 0.352 e. The lowest BCUT2D eigenvalue weighted by atomic mass is 10.0. The standard InChI is InChI=1S/C17H17N5O5S/c1-3-8-7-28-16-12(15(24)22(16)13(8)17(25)26)20-14(23)11(21-27-2)9-5-4-6-10(18)19-9/h3-6,12,16H,1,7H2,2H3,(H2,18,19)(H,20,23)(H,25,26)/b21-11+. The number of hydrogen-bond donors (Lipinski definition) is 3. The number of oxime groups is 1. The zero-order valence-electron chi connectivity index (χ0n) is 14.8.